The second kappa shape index (κ2) is 6.85. The van der Waals surface area contributed by atoms with Crippen LogP contribution in [0.2, 0.25) is 0 Å². The standard InChI is InChI=1S/C17H17N5O/c18-16(13-4-2-1-3-5-13)12-19-17(23)14-6-8-15(9-7-14)22-11-10-20-21-22/h1-11,16H,12,18H2,(H,19,23). The third-order valence-electron chi connectivity index (χ3n) is 3.53. The van der Waals surface area contributed by atoms with Crippen LogP contribution in [0.3, 0.4) is 0 Å². The molecule has 0 saturated heterocycles. The maximum Gasteiger partial charge on any atom is 0.251 e. The van der Waals surface area contributed by atoms with Gasteiger partial charge in [-0.25, -0.2) is 4.68 Å². The number of nitrogens with one attached hydrogen (secondary N) is 1. The zero-order valence-corrected chi connectivity index (χ0v) is 12.5. The average molecular weight is 307 g/mol. The number of rotatable bonds is 5. The van der Waals surface area contributed by atoms with Crippen LogP contribution in [0, 0.1) is 0 Å². The zero-order chi connectivity index (χ0) is 16.1. The Morgan fingerprint density at radius 2 is 1.87 bits per heavy atom. The van der Waals surface area contributed by atoms with Crippen molar-refractivity contribution in [1.82, 2.24) is 20.3 Å². The normalized spacial score (nSPS) is 11.9. The minimum atomic E-state index is -0.227. The molecule has 1 atom stereocenters. The van der Waals surface area contributed by atoms with Crippen molar-refractivity contribution in [2.75, 3.05) is 6.54 Å². The van der Waals surface area contributed by atoms with Gasteiger partial charge in [0.2, 0.25) is 0 Å². The lowest BCUT2D eigenvalue weighted by Crippen LogP contribution is -2.31. The highest BCUT2D eigenvalue weighted by Gasteiger charge is 2.09. The predicted molar refractivity (Wildman–Crippen MR) is 87.1 cm³/mol. The molecule has 116 valence electrons. The van der Waals surface area contributed by atoms with Crippen LogP contribution in [-0.4, -0.2) is 27.4 Å². The van der Waals surface area contributed by atoms with Crippen LogP contribution >= 0.6 is 0 Å². The van der Waals surface area contributed by atoms with E-state index in [9.17, 15) is 4.79 Å². The molecule has 0 aliphatic heterocycles. The fraction of sp³-hybridized carbons (Fsp3) is 0.118. The summed E-state index contributed by atoms with van der Waals surface area (Å²) in [5, 5.41) is 10.5. The summed E-state index contributed by atoms with van der Waals surface area (Å²) in [5.41, 5.74) is 8.50. The summed E-state index contributed by atoms with van der Waals surface area (Å²) in [4.78, 5) is 12.2. The molecular weight excluding hydrogens is 290 g/mol. The van der Waals surface area contributed by atoms with Crippen LogP contribution in [0.5, 0.6) is 0 Å². The highest BCUT2D eigenvalue weighted by atomic mass is 16.1. The third-order valence-corrected chi connectivity index (χ3v) is 3.53. The zero-order valence-electron chi connectivity index (χ0n) is 12.5. The third kappa shape index (κ3) is 3.61. The molecule has 0 aliphatic carbocycles. The van der Waals surface area contributed by atoms with Crippen LogP contribution in [0.25, 0.3) is 5.69 Å². The lowest BCUT2D eigenvalue weighted by molar-refractivity contribution is 0.0951. The first kappa shape index (κ1) is 14.9. The van der Waals surface area contributed by atoms with Gasteiger partial charge in [-0.05, 0) is 29.8 Å². The molecule has 0 aliphatic rings. The number of amides is 1. The highest BCUT2D eigenvalue weighted by molar-refractivity contribution is 5.94. The Kier molecular flexibility index (Phi) is 4.44. The van der Waals surface area contributed by atoms with E-state index in [2.05, 4.69) is 15.6 Å². The molecule has 0 radical (unpaired) electrons. The van der Waals surface area contributed by atoms with Crippen LogP contribution in [0.15, 0.2) is 67.0 Å². The minimum Gasteiger partial charge on any atom is -0.350 e. The number of nitrogens with zero attached hydrogens (tertiary/aromatic N) is 3. The molecule has 3 rings (SSSR count). The van der Waals surface area contributed by atoms with Crippen molar-refractivity contribution in [2.24, 2.45) is 5.73 Å². The maximum atomic E-state index is 12.2. The Labute approximate surface area is 133 Å². The van der Waals surface area contributed by atoms with Crippen LogP contribution < -0.4 is 11.1 Å². The predicted octanol–water partition coefficient (Wildman–Crippen LogP) is 1.70. The van der Waals surface area contributed by atoms with E-state index in [0.717, 1.165) is 11.3 Å². The van der Waals surface area contributed by atoms with Crippen molar-refractivity contribution >= 4 is 5.91 Å². The Bertz CT molecular complexity index is 753. The van der Waals surface area contributed by atoms with Gasteiger partial charge in [-0.15, -0.1) is 5.10 Å². The molecular formula is C17H17N5O. The molecule has 3 N–H and O–H groups in total. The molecule has 23 heavy (non-hydrogen) atoms. The van der Waals surface area contributed by atoms with Gasteiger partial charge in [0.1, 0.15) is 0 Å². The molecule has 0 bridgehead atoms. The number of benzene rings is 2. The summed E-state index contributed by atoms with van der Waals surface area (Å²) in [6.45, 7) is 0.383. The van der Waals surface area contributed by atoms with Crippen molar-refractivity contribution in [3.63, 3.8) is 0 Å². The van der Waals surface area contributed by atoms with Crippen molar-refractivity contribution in [1.29, 1.82) is 0 Å². The van der Waals surface area contributed by atoms with E-state index >= 15 is 0 Å². The first-order chi connectivity index (χ1) is 11.2. The second-order valence-electron chi connectivity index (χ2n) is 5.12. The van der Waals surface area contributed by atoms with E-state index in [1.54, 1.807) is 29.2 Å². The van der Waals surface area contributed by atoms with Gasteiger partial charge >= 0.3 is 0 Å². The fourth-order valence-electron chi connectivity index (χ4n) is 2.23. The van der Waals surface area contributed by atoms with Gasteiger partial charge in [0.05, 0.1) is 18.1 Å². The van der Waals surface area contributed by atoms with Gasteiger partial charge < -0.3 is 11.1 Å². The minimum absolute atomic E-state index is 0.151. The first-order valence-electron chi connectivity index (χ1n) is 7.29. The number of nitrogens with two attached hydrogens (primary N) is 1. The molecule has 6 nitrogen and oxygen atoms in total. The second-order valence-corrected chi connectivity index (χ2v) is 5.12. The number of carbonyl (C=O) groups is 1. The Hall–Kier alpha value is -2.99. The van der Waals surface area contributed by atoms with Gasteiger partial charge in [-0.3, -0.25) is 4.79 Å². The molecule has 3 aromatic rings. The fourth-order valence-corrected chi connectivity index (χ4v) is 2.23. The SMILES string of the molecule is NC(CNC(=O)c1ccc(-n2ccnn2)cc1)c1ccccc1. The highest BCUT2D eigenvalue weighted by Crippen LogP contribution is 2.10. The summed E-state index contributed by atoms with van der Waals surface area (Å²) in [5.74, 6) is -0.151. The van der Waals surface area contributed by atoms with E-state index in [1.165, 1.54) is 0 Å². The Morgan fingerprint density at radius 1 is 1.13 bits per heavy atom. The Balaban J connectivity index is 1.60. The molecule has 0 fully saturated rings. The number of aromatic nitrogens is 3. The molecule has 1 unspecified atom stereocenters. The van der Waals surface area contributed by atoms with Gasteiger partial charge in [0.15, 0.2) is 0 Å². The van der Waals surface area contributed by atoms with Gasteiger partial charge in [-0.1, -0.05) is 35.5 Å². The monoisotopic (exact) mass is 307 g/mol. The largest absolute Gasteiger partial charge is 0.350 e. The summed E-state index contributed by atoms with van der Waals surface area (Å²) in [7, 11) is 0. The summed E-state index contributed by atoms with van der Waals surface area (Å²) >= 11 is 0. The van der Waals surface area contributed by atoms with Crippen LogP contribution in [-0.2, 0) is 0 Å². The lowest BCUT2D eigenvalue weighted by Gasteiger charge is -2.13. The maximum absolute atomic E-state index is 12.2. The van der Waals surface area contributed by atoms with E-state index in [0.29, 0.717) is 12.1 Å². The number of carbonyl (C=O) groups excluding carboxylic acids is 1. The van der Waals surface area contributed by atoms with E-state index in [1.807, 2.05) is 42.5 Å². The number of hydrogen-bond acceptors (Lipinski definition) is 4. The number of hydrogen-bond donors (Lipinski definition) is 2. The molecule has 6 heteroatoms. The quantitative estimate of drug-likeness (QED) is 0.751. The van der Waals surface area contributed by atoms with E-state index in [4.69, 9.17) is 5.73 Å². The van der Waals surface area contributed by atoms with E-state index in [-0.39, 0.29) is 11.9 Å². The summed E-state index contributed by atoms with van der Waals surface area (Å²) in [6.07, 6.45) is 3.35. The smallest absolute Gasteiger partial charge is 0.251 e. The van der Waals surface area contributed by atoms with Crippen molar-refractivity contribution in [2.45, 2.75) is 6.04 Å². The lowest BCUT2D eigenvalue weighted by atomic mass is 10.1. The van der Waals surface area contributed by atoms with Crippen LogP contribution in [0.1, 0.15) is 22.0 Å². The molecule has 1 amide bonds. The van der Waals surface area contributed by atoms with Crippen molar-refractivity contribution in [3.8, 4) is 5.69 Å². The van der Waals surface area contributed by atoms with Crippen molar-refractivity contribution in [3.05, 3.63) is 78.1 Å². The molecule has 0 saturated carbocycles. The van der Waals surface area contributed by atoms with Crippen LogP contribution in [0.4, 0.5) is 0 Å². The Morgan fingerprint density at radius 3 is 2.52 bits per heavy atom. The van der Waals surface area contributed by atoms with Crippen molar-refractivity contribution < 1.29 is 4.79 Å². The molecule has 1 aromatic heterocycles. The summed E-state index contributed by atoms with van der Waals surface area (Å²) < 4.78 is 1.63. The van der Waals surface area contributed by atoms with Gasteiger partial charge in [-0.2, -0.15) is 0 Å². The summed E-state index contributed by atoms with van der Waals surface area (Å²) in [6, 6.07) is 16.6. The topological polar surface area (TPSA) is 85.8 Å². The molecule has 1 heterocycles. The van der Waals surface area contributed by atoms with Gasteiger partial charge in [0, 0.05) is 18.2 Å². The van der Waals surface area contributed by atoms with E-state index < -0.39 is 0 Å². The van der Waals surface area contributed by atoms with Gasteiger partial charge in [0.25, 0.3) is 5.91 Å². The molecule has 2 aromatic carbocycles. The molecule has 0 spiro atoms. The first-order valence-corrected chi connectivity index (χ1v) is 7.29. The average Bonchev–Trinajstić information content (AvgIpc) is 3.15.